The summed E-state index contributed by atoms with van der Waals surface area (Å²) in [6.45, 7) is 11.6. The fourth-order valence-electron chi connectivity index (χ4n) is 6.14. The second-order valence-corrected chi connectivity index (χ2v) is 17.6. The molecule has 0 radical (unpaired) electrons. The average Bonchev–Trinajstić information content (AvgIpc) is 3.19. The minimum absolute atomic E-state index is 0.0909. The van der Waals surface area contributed by atoms with E-state index in [9.17, 15) is 58.2 Å². The predicted molar refractivity (Wildman–Crippen MR) is 235 cm³/mol. The smallest absolute Gasteiger partial charge is 0.305 e. The average molecular weight is 934 g/mol. The fraction of sp³-hybridized carbons (Fsp3) is 0.750. The van der Waals surface area contributed by atoms with Gasteiger partial charge in [-0.05, 0) is 62.4 Å². The summed E-state index contributed by atoms with van der Waals surface area (Å²) in [5.74, 6) is -10.4. The van der Waals surface area contributed by atoms with Gasteiger partial charge in [0.1, 0.15) is 30.2 Å². The van der Waals surface area contributed by atoms with Crippen molar-refractivity contribution >= 4 is 71.0 Å². The van der Waals surface area contributed by atoms with Gasteiger partial charge in [0.2, 0.25) is 41.4 Å². The Kier molecular flexibility index (Phi) is 27.7. The summed E-state index contributed by atoms with van der Waals surface area (Å²) in [7, 11) is 0. The molecule has 0 bridgehead atoms. The third-order valence-electron chi connectivity index (χ3n) is 9.96. The molecular weight excluding hydrogens is 863 g/mol. The van der Waals surface area contributed by atoms with Crippen molar-refractivity contribution < 1.29 is 68.4 Å². The second-order valence-electron chi connectivity index (χ2n) is 16.6. The van der Waals surface area contributed by atoms with Gasteiger partial charge in [0.15, 0.2) is 0 Å². The van der Waals surface area contributed by atoms with Crippen molar-refractivity contribution in [3.05, 3.63) is 0 Å². The molecule has 0 aromatic carbocycles. The number of aliphatic hydroxyl groups excluding tert-OH is 1. The predicted octanol–water partition coefficient (Wildman–Crippen LogP) is -2.25. The highest BCUT2D eigenvalue weighted by molar-refractivity contribution is 7.98. The Morgan fingerprint density at radius 3 is 1.61 bits per heavy atom. The Bertz CT molecular complexity index is 1600. The van der Waals surface area contributed by atoms with E-state index < -0.39 is 139 Å². The van der Waals surface area contributed by atoms with Crippen LogP contribution in [-0.4, -0.2) is 153 Å². The molecule has 0 heterocycles. The lowest BCUT2D eigenvalue weighted by atomic mass is 9.96. The van der Waals surface area contributed by atoms with E-state index in [4.69, 9.17) is 21.7 Å². The van der Waals surface area contributed by atoms with Crippen molar-refractivity contribution in [1.29, 1.82) is 0 Å². The zero-order valence-corrected chi connectivity index (χ0v) is 38.8. The summed E-state index contributed by atoms with van der Waals surface area (Å²) in [6.07, 6.45) is -0.989. The number of hydrogen-bond acceptors (Lipinski definition) is 14. The van der Waals surface area contributed by atoms with E-state index in [1.807, 2.05) is 0 Å². The van der Waals surface area contributed by atoms with Crippen LogP contribution in [-0.2, 0) is 47.9 Å². The maximum atomic E-state index is 13.7. The summed E-state index contributed by atoms with van der Waals surface area (Å²) in [4.78, 5) is 126. The topological polar surface area (TPSA) is 388 Å². The van der Waals surface area contributed by atoms with E-state index in [-0.39, 0.29) is 44.1 Å². The molecule has 0 rings (SSSR count). The largest absolute Gasteiger partial charge is 0.481 e. The van der Waals surface area contributed by atoms with Gasteiger partial charge in [-0.15, -0.1) is 0 Å². The van der Waals surface area contributed by atoms with Crippen molar-refractivity contribution in [1.82, 2.24) is 37.2 Å². The molecule has 24 heteroatoms. The van der Waals surface area contributed by atoms with Gasteiger partial charge in [-0.1, -0.05) is 48.0 Å². The van der Waals surface area contributed by atoms with E-state index >= 15 is 0 Å². The first-order valence-corrected chi connectivity index (χ1v) is 22.6. The minimum Gasteiger partial charge on any atom is -0.481 e. The summed E-state index contributed by atoms with van der Waals surface area (Å²) in [6, 6.07) is -10.2. The van der Waals surface area contributed by atoms with Crippen LogP contribution in [0.1, 0.15) is 99.8 Å². The lowest BCUT2D eigenvalue weighted by molar-refractivity contribution is -0.142. The van der Waals surface area contributed by atoms with Crippen LogP contribution in [0.5, 0.6) is 0 Å². The number of aliphatic carboxylic acids is 3. The van der Waals surface area contributed by atoms with Crippen molar-refractivity contribution in [3.8, 4) is 0 Å². The Hall–Kier alpha value is -5.07. The number of hydrogen-bond donors (Lipinski definition) is 13. The molecule has 7 amide bonds. The summed E-state index contributed by atoms with van der Waals surface area (Å²) < 4.78 is 0. The van der Waals surface area contributed by atoms with E-state index in [2.05, 4.69) is 37.2 Å². The van der Waals surface area contributed by atoms with Crippen LogP contribution < -0.4 is 48.7 Å². The van der Waals surface area contributed by atoms with Gasteiger partial charge in [-0.3, -0.25) is 47.9 Å². The molecule has 0 unspecified atom stereocenters. The van der Waals surface area contributed by atoms with Gasteiger partial charge in [0.25, 0.3) is 0 Å². The SMILES string of the molecule is CC[C@H](C)[C@H](NC(=O)[C@@H](N)CCC(=O)O)C(=O)N[C@@H](CC(=O)O)C(=O)N[C@@H](CC(C)C)[C@@H](O)CN[C@@H](CCSC)C(=O)N[C@@H](C)C(=O)N[C@@H](CC(C)C)C(=O)N[C@@H](CC(=O)O)C(N)=O. The zero-order chi connectivity index (χ0) is 49.4. The van der Waals surface area contributed by atoms with Crippen molar-refractivity contribution in [2.45, 2.75) is 154 Å². The number of nitrogens with one attached hydrogen (secondary N) is 7. The number of rotatable bonds is 33. The molecule has 0 aromatic rings. The lowest BCUT2D eigenvalue weighted by Crippen LogP contribution is -2.60. The molecule has 0 saturated heterocycles. The van der Waals surface area contributed by atoms with Crippen LogP contribution in [0, 0.1) is 17.8 Å². The van der Waals surface area contributed by atoms with Crippen LogP contribution in [0.25, 0.3) is 0 Å². The molecule has 15 N–H and O–H groups in total. The summed E-state index contributed by atoms with van der Waals surface area (Å²) >= 11 is 1.42. The van der Waals surface area contributed by atoms with Gasteiger partial charge >= 0.3 is 17.9 Å². The molecule has 0 aliphatic heterocycles. The van der Waals surface area contributed by atoms with Crippen LogP contribution >= 0.6 is 11.8 Å². The Labute approximate surface area is 377 Å². The van der Waals surface area contributed by atoms with Crippen LogP contribution in [0.3, 0.4) is 0 Å². The first kappa shape index (κ1) is 58.9. The van der Waals surface area contributed by atoms with Gasteiger partial charge in [0, 0.05) is 13.0 Å². The van der Waals surface area contributed by atoms with Crippen molar-refractivity contribution in [3.63, 3.8) is 0 Å². The van der Waals surface area contributed by atoms with Crippen LogP contribution in [0.2, 0.25) is 0 Å². The highest BCUT2D eigenvalue weighted by Crippen LogP contribution is 2.13. The third-order valence-corrected chi connectivity index (χ3v) is 10.6. The molecule has 64 heavy (non-hydrogen) atoms. The number of thioether (sulfide) groups is 1. The molecule has 0 spiro atoms. The molecule has 10 atom stereocenters. The van der Waals surface area contributed by atoms with E-state index in [0.717, 1.165) is 0 Å². The van der Waals surface area contributed by atoms with E-state index in [1.54, 1.807) is 47.8 Å². The van der Waals surface area contributed by atoms with Gasteiger partial charge in [-0.2, -0.15) is 11.8 Å². The highest BCUT2D eigenvalue weighted by atomic mass is 32.2. The van der Waals surface area contributed by atoms with Gasteiger partial charge in [0.05, 0.1) is 37.1 Å². The third kappa shape index (κ3) is 23.6. The number of carbonyl (C=O) groups excluding carboxylic acids is 7. The number of primary amides is 1. The molecule has 0 aromatic heterocycles. The van der Waals surface area contributed by atoms with E-state index in [1.165, 1.54) is 18.7 Å². The number of amides is 7. The maximum Gasteiger partial charge on any atom is 0.305 e. The zero-order valence-electron chi connectivity index (χ0n) is 37.9. The molecule has 0 saturated carbocycles. The Morgan fingerprint density at radius 1 is 0.594 bits per heavy atom. The van der Waals surface area contributed by atoms with Crippen molar-refractivity contribution in [2.24, 2.45) is 29.2 Å². The number of carboxylic acid groups (broad SMARTS) is 3. The molecule has 23 nitrogen and oxygen atoms in total. The minimum atomic E-state index is -1.67. The number of carbonyl (C=O) groups is 10. The second kappa shape index (κ2) is 30.1. The van der Waals surface area contributed by atoms with Crippen LogP contribution in [0.4, 0.5) is 0 Å². The molecular formula is C40H71N9O14S. The first-order chi connectivity index (χ1) is 29.7. The standard InChI is InChI=1S/C40H71N9O14S/c1-9-21(6)33(49-36(59)23(41)10-11-30(51)52)40(63)48-28(17-32(55)56)39(62)45-25(14-19(2)3)29(50)18-43-24(12-13-64-8)37(60)44-22(7)35(58)47-27(15-20(4)5)38(61)46-26(34(42)57)16-31(53)54/h19-29,33,43,50H,9-18,41H2,1-8H3,(H2,42,57)(H,44,60)(H,45,62)(H,46,61)(H,47,58)(H,48,63)(H,49,59)(H,51,52)(H,53,54)(H,55,56)/t21-,22-,23-,24-,25-,26-,27-,28-,29-,33-/m0/s1. The lowest BCUT2D eigenvalue weighted by Gasteiger charge is -2.30. The Balaban J connectivity index is 6.09. The molecule has 0 fully saturated rings. The summed E-state index contributed by atoms with van der Waals surface area (Å²) in [5.41, 5.74) is 11.1. The highest BCUT2D eigenvalue weighted by Gasteiger charge is 2.35. The molecule has 366 valence electrons. The summed E-state index contributed by atoms with van der Waals surface area (Å²) in [5, 5.41) is 56.9. The fourth-order valence-corrected chi connectivity index (χ4v) is 6.61. The first-order valence-electron chi connectivity index (χ1n) is 21.2. The monoisotopic (exact) mass is 933 g/mol. The normalized spacial score (nSPS) is 16.0. The maximum absolute atomic E-state index is 13.7. The molecule has 0 aliphatic carbocycles. The van der Waals surface area contributed by atoms with Gasteiger partial charge in [-0.25, -0.2) is 0 Å². The Morgan fingerprint density at radius 2 is 1.11 bits per heavy atom. The van der Waals surface area contributed by atoms with E-state index in [0.29, 0.717) is 12.2 Å². The van der Waals surface area contributed by atoms with Crippen LogP contribution in [0.15, 0.2) is 0 Å². The van der Waals surface area contributed by atoms with Gasteiger partial charge < -0.3 is 69.1 Å². The number of carboxylic acids is 3. The molecule has 0 aliphatic rings. The number of aliphatic hydroxyl groups is 1. The van der Waals surface area contributed by atoms with Crippen molar-refractivity contribution in [2.75, 3.05) is 18.6 Å². The quantitative estimate of drug-likeness (QED) is 0.0331. The number of nitrogens with two attached hydrogens (primary N) is 2.